The second-order valence-corrected chi connectivity index (χ2v) is 6.09. The summed E-state index contributed by atoms with van der Waals surface area (Å²) in [6, 6.07) is 3.22. The van der Waals surface area contributed by atoms with Gasteiger partial charge in [0.25, 0.3) is 5.56 Å². The molecule has 1 amide bonds. The van der Waals surface area contributed by atoms with Gasteiger partial charge in [-0.1, -0.05) is 6.08 Å². The van der Waals surface area contributed by atoms with E-state index in [-0.39, 0.29) is 11.7 Å². The maximum Gasteiger partial charge on any atom is 0.410 e. The van der Waals surface area contributed by atoms with Crippen molar-refractivity contribution >= 4 is 11.7 Å². The van der Waals surface area contributed by atoms with Crippen LogP contribution < -0.4 is 5.56 Å². The van der Waals surface area contributed by atoms with Gasteiger partial charge in [-0.3, -0.25) is 4.79 Å². The SMILES string of the molecule is Cn1nc(C2=CCN(C(=O)OC(C)(C)C)CC2)ccc1=O. The van der Waals surface area contributed by atoms with E-state index in [1.807, 2.05) is 26.8 Å². The van der Waals surface area contributed by atoms with E-state index >= 15 is 0 Å². The summed E-state index contributed by atoms with van der Waals surface area (Å²) < 4.78 is 6.67. The molecular weight excluding hydrogens is 270 g/mol. The van der Waals surface area contributed by atoms with E-state index in [4.69, 9.17) is 4.74 Å². The molecule has 0 N–H and O–H groups in total. The van der Waals surface area contributed by atoms with Crippen molar-refractivity contribution in [2.24, 2.45) is 7.05 Å². The lowest BCUT2D eigenvalue weighted by Crippen LogP contribution is -2.39. The first-order valence-electron chi connectivity index (χ1n) is 6.98. The number of nitrogens with zero attached hydrogens (tertiary/aromatic N) is 3. The Morgan fingerprint density at radius 1 is 1.33 bits per heavy atom. The van der Waals surface area contributed by atoms with Gasteiger partial charge in [0.15, 0.2) is 0 Å². The quantitative estimate of drug-likeness (QED) is 0.791. The van der Waals surface area contributed by atoms with Gasteiger partial charge in [-0.2, -0.15) is 5.10 Å². The third-order valence-electron chi connectivity index (χ3n) is 3.15. The molecule has 114 valence electrons. The van der Waals surface area contributed by atoms with Crippen LogP contribution >= 0.6 is 0 Å². The number of rotatable bonds is 1. The van der Waals surface area contributed by atoms with Crippen molar-refractivity contribution in [1.82, 2.24) is 14.7 Å². The summed E-state index contributed by atoms with van der Waals surface area (Å²) in [6.07, 6.45) is 2.36. The van der Waals surface area contributed by atoms with Crippen molar-refractivity contribution in [3.05, 3.63) is 34.3 Å². The molecule has 21 heavy (non-hydrogen) atoms. The lowest BCUT2D eigenvalue weighted by atomic mass is 10.0. The molecule has 1 aliphatic heterocycles. The van der Waals surface area contributed by atoms with Crippen molar-refractivity contribution in [2.45, 2.75) is 32.8 Å². The maximum atomic E-state index is 12.0. The number of carbonyl (C=O) groups excluding carboxylic acids is 1. The normalized spacial score (nSPS) is 15.6. The van der Waals surface area contributed by atoms with E-state index in [0.29, 0.717) is 19.5 Å². The van der Waals surface area contributed by atoms with Crippen LogP contribution in [0.3, 0.4) is 0 Å². The fraction of sp³-hybridized carbons (Fsp3) is 0.533. The molecule has 2 rings (SSSR count). The summed E-state index contributed by atoms with van der Waals surface area (Å²) in [6.45, 7) is 6.64. The van der Waals surface area contributed by atoms with Gasteiger partial charge < -0.3 is 9.64 Å². The van der Waals surface area contributed by atoms with E-state index in [1.165, 1.54) is 10.7 Å². The molecule has 1 aromatic rings. The highest BCUT2D eigenvalue weighted by atomic mass is 16.6. The van der Waals surface area contributed by atoms with Crippen LogP contribution in [0.25, 0.3) is 5.57 Å². The van der Waals surface area contributed by atoms with Gasteiger partial charge in [0.1, 0.15) is 5.60 Å². The van der Waals surface area contributed by atoms with Crippen LogP contribution in [0.2, 0.25) is 0 Å². The zero-order chi connectivity index (χ0) is 15.6. The number of ether oxygens (including phenoxy) is 1. The lowest BCUT2D eigenvalue weighted by molar-refractivity contribution is 0.0270. The molecular formula is C15H21N3O3. The van der Waals surface area contributed by atoms with E-state index in [2.05, 4.69) is 5.10 Å². The molecule has 6 heteroatoms. The largest absolute Gasteiger partial charge is 0.444 e. The van der Waals surface area contributed by atoms with Crippen molar-refractivity contribution < 1.29 is 9.53 Å². The third kappa shape index (κ3) is 3.93. The van der Waals surface area contributed by atoms with Gasteiger partial charge in [0.2, 0.25) is 0 Å². The van der Waals surface area contributed by atoms with E-state index < -0.39 is 5.60 Å². The number of aromatic nitrogens is 2. The second kappa shape index (κ2) is 5.71. The maximum absolute atomic E-state index is 12.0. The number of hydrogen-bond acceptors (Lipinski definition) is 4. The minimum atomic E-state index is -0.486. The Hall–Kier alpha value is -2.11. The molecule has 0 spiro atoms. The highest BCUT2D eigenvalue weighted by Gasteiger charge is 2.24. The Balaban J connectivity index is 2.06. The number of carbonyl (C=O) groups is 1. The molecule has 0 unspecified atom stereocenters. The Kier molecular flexibility index (Phi) is 4.16. The average Bonchev–Trinajstić information content (AvgIpc) is 2.40. The first kappa shape index (κ1) is 15.3. The number of amides is 1. The molecule has 0 atom stereocenters. The predicted octanol–water partition coefficient (Wildman–Crippen LogP) is 1.80. The molecule has 0 radical (unpaired) electrons. The van der Waals surface area contributed by atoms with Crippen LogP contribution in [0, 0.1) is 0 Å². The van der Waals surface area contributed by atoms with Crippen LogP contribution in [-0.2, 0) is 11.8 Å². The summed E-state index contributed by atoms with van der Waals surface area (Å²) in [5, 5.41) is 4.23. The molecule has 2 heterocycles. The molecule has 0 fully saturated rings. The summed E-state index contributed by atoms with van der Waals surface area (Å²) in [5.41, 5.74) is 1.21. The zero-order valence-corrected chi connectivity index (χ0v) is 12.9. The van der Waals surface area contributed by atoms with E-state index in [0.717, 1.165) is 11.3 Å². The van der Waals surface area contributed by atoms with Gasteiger partial charge in [-0.25, -0.2) is 9.48 Å². The van der Waals surface area contributed by atoms with Gasteiger partial charge in [0, 0.05) is 26.2 Å². The van der Waals surface area contributed by atoms with Crippen LogP contribution in [0.15, 0.2) is 23.0 Å². The van der Waals surface area contributed by atoms with Crippen molar-refractivity contribution in [3.8, 4) is 0 Å². The molecule has 0 saturated heterocycles. The van der Waals surface area contributed by atoms with Crippen LogP contribution in [0.5, 0.6) is 0 Å². The molecule has 0 bridgehead atoms. The van der Waals surface area contributed by atoms with Crippen LogP contribution in [-0.4, -0.2) is 39.5 Å². The van der Waals surface area contributed by atoms with Crippen LogP contribution in [0.4, 0.5) is 4.79 Å². The standard InChI is InChI=1S/C15H21N3O3/c1-15(2,3)21-14(20)18-9-7-11(8-10-18)12-5-6-13(19)17(4)16-12/h5-7H,8-10H2,1-4H3. The lowest BCUT2D eigenvalue weighted by Gasteiger charge is -2.29. The zero-order valence-electron chi connectivity index (χ0n) is 12.9. The molecule has 1 aliphatic rings. The molecule has 0 aromatic carbocycles. The summed E-state index contributed by atoms with van der Waals surface area (Å²) >= 11 is 0. The van der Waals surface area contributed by atoms with Gasteiger partial charge in [-0.15, -0.1) is 0 Å². The first-order valence-corrected chi connectivity index (χ1v) is 6.98. The molecule has 0 saturated carbocycles. The van der Waals surface area contributed by atoms with Gasteiger partial charge in [-0.05, 0) is 38.8 Å². The van der Waals surface area contributed by atoms with Gasteiger partial charge in [0.05, 0.1) is 5.69 Å². The fourth-order valence-corrected chi connectivity index (χ4v) is 2.07. The Bertz CT molecular complexity index is 626. The third-order valence-corrected chi connectivity index (χ3v) is 3.15. The summed E-state index contributed by atoms with van der Waals surface area (Å²) in [5.74, 6) is 0. The first-order chi connectivity index (χ1) is 9.76. The summed E-state index contributed by atoms with van der Waals surface area (Å²) in [4.78, 5) is 25.0. The number of aryl methyl sites for hydroxylation is 1. The number of hydrogen-bond donors (Lipinski definition) is 0. The highest BCUT2D eigenvalue weighted by molar-refractivity contribution is 5.71. The minimum absolute atomic E-state index is 0.134. The Morgan fingerprint density at radius 2 is 2.05 bits per heavy atom. The van der Waals surface area contributed by atoms with Crippen molar-refractivity contribution in [1.29, 1.82) is 0 Å². The van der Waals surface area contributed by atoms with Crippen molar-refractivity contribution in [2.75, 3.05) is 13.1 Å². The van der Waals surface area contributed by atoms with E-state index in [1.54, 1.807) is 18.0 Å². The highest BCUT2D eigenvalue weighted by Crippen LogP contribution is 2.21. The van der Waals surface area contributed by atoms with Crippen LogP contribution in [0.1, 0.15) is 32.9 Å². The smallest absolute Gasteiger partial charge is 0.410 e. The molecule has 1 aromatic heterocycles. The topological polar surface area (TPSA) is 64.4 Å². The Labute approximate surface area is 124 Å². The van der Waals surface area contributed by atoms with Gasteiger partial charge >= 0.3 is 6.09 Å². The van der Waals surface area contributed by atoms with Crippen molar-refractivity contribution in [3.63, 3.8) is 0 Å². The Morgan fingerprint density at radius 3 is 2.57 bits per heavy atom. The summed E-state index contributed by atoms with van der Waals surface area (Å²) in [7, 11) is 1.63. The monoisotopic (exact) mass is 291 g/mol. The molecule has 6 nitrogen and oxygen atoms in total. The second-order valence-electron chi connectivity index (χ2n) is 6.09. The molecule has 0 aliphatic carbocycles. The fourth-order valence-electron chi connectivity index (χ4n) is 2.07. The van der Waals surface area contributed by atoms with E-state index in [9.17, 15) is 9.59 Å². The minimum Gasteiger partial charge on any atom is -0.444 e. The predicted molar refractivity (Wildman–Crippen MR) is 79.9 cm³/mol. The average molecular weight is 291 g/mol.